The highest BCUT2D eigenvalue weighted by molar-refractivity contribution is 6.42. The van der Waals surface area contributed by atoms with Crippen molar-refractivity contribution in [2.24, 2.45) is 0 Å². The van der Waals surface area contributed by atoms with Crippen LogP contribution in [-0.4, -0.2) is 60.0 Å². The third kappa shape index (κ3) is 6.61. The molecule has 3 aromatic carbocycles. The zero-order valence-electron chi connectivity index (χ0n) is 22.4. The molecule has 1 aromatic heterocycles. The molecule has 0 saturated carbocycles. The van der Waals surface area contributed by atoms with Gasteiger partial charge in [0.25, 0.3) is 0 Å². The van der Waals surface area contributed by atoms with E-state index < -0.39 is 5.54 Å². The lowest BCUT2D eigenvalue weighted by atomic mass is 9.91. The van der Waals surface area contributed by atoms with Crippen molar-refractivity contribution < 1.29 is 9.59 Å². The summed E-state index contributed by atoms with van der Waals surface area (Å²) in [4.78, 5) is 34.7. The lowest BCUT2D eigenvalue weighted by molar-refractivity contribution is -0.133. The van der Waals surface area contributed by atoms with Crippen LogP contribution in [0, 0.1) is 0 Å². The van der Waals surface area contributed by atoms with Gasteiger partial charge in [-0.05, 0) is 48.4 Å². The van der Waals surface area contributed by atoms with E-state index in [0.29, 0.717) is 16.5 Å². The number of fused-ring (bicyclic) bond motifs is 1. The number of rotatable bonds is 9. The third-order valence-corrected chi connectivity index (χ3v) is 8.17. The van der Waals surface area contributed by atoms with E-state index in [9.17, 15) is 9.59 Å². The monoisotopic (exact) mass is 577 g/mol. The first-order valence-electron chi connectivity index (χ1n) is 13.4. The molecular weight excluding hydrogens is 545 g/mol. The number of para-hydroxylation sites is 2. The van der Waals surface area contributed by atoms with Crippen LogP contribution >= 0.6 is 23.2 Å². The fourth-order valence-corrected chi connectivity index (χ4v) is 5.54. The molecule has 1 aliphatic heterocycles. The average molecular weight is 579 g/mol. The molecule has 1 aliphatic rings. The molecule has 208 valence electrons. The summed E-state index contributed by atoms with van der Waals surface area (Å²) in [5, 5.41) is 7.98. The van der Waals surface area contributed by atoms with Crippen molar-refractivity contribution in [1.82, 2.24) is 20.5 Å². The highest BCUT2D eigenvalue weighted by atomic mass is 35.5. The topological polar surface area (TPSA) is 80.5 Å². The highest BCUT2D eigenvalue weighted by Crippen LogP contribution is 2.25. The summed E-state index contributed by atoms with van der Waals surface area (Å²) in [5.41, 5.74) is 2.78. The van der Waals surface area contributed by atoms with Gasteiger partial charge in [-0.25, -0.2) is 0 Å². The number of amides is 2. The molecule has 1 atom stereocenters. The summed E-state index contributed by atoms with van der Waals surface area (Å²) in [6.07, 6.45) is 2.24. The van der Waals surface area contributed by atoms with Crippen LogP contribution < -0.4 is 15.5 Å². The average Bonchev–Trinajstić information content (AvgIpc) is 3.36. The molecular formula is C31H33Cl2N5O2. The van der Waals surface area contributed by atoms with E-state index in [2.05, 4.69) is 37.6 Å². The molecule has 2 amide bonds. The number of carbonyl (C=O) groups is 2. The third-order valence-electron chi connectivity index (χ3n) is 7.43. The lowest BCUT2D eigenvalue weighted by Crippen LogP contribution is -2.60. The first-order chi connectivity index (χ1) is 19.3. The number of anilines is 1. The second-order valence-electron chi connectivity index (χ2n) is 10.4. The molecule has 3 N–H and O–H groups in total. The Morgan fingerprint density at radius 1 is 0.925 bits per heavy atom. The molecule has 1 saturated heterocycles. The molecule has 40 heavy (non-hydrogen) atoms. The summed E-state index contributed by atoms with van der Waals surface area (Å²) < 4.78 is 0. The van der Waals surface area contributed by atoms with Crippen LogP contribution in [0.25, 0.3) is 10.9 Å². The van der Waals surface area contributed by atoms with Crippen LogP contribution in [0.15, 0.2) is 79.0 Å². The zero-order valence-corrected chi connectivity index (χ0v) is 23.9. The Labute approximate surface area is 244 Å². The predicted molar refractivity (Wildman–Crippen MR) is 162 cm³/mol. The standard InChI is InChI=1S/C31H33Cl2N5O2/c1-31(18-23-20-34-28-10-6-5-9-25(23)28,30(40)35-19-22-11-12-26(32)27(33)17-22)36-29(39)21-37-13-15-38(16-14-37)24-7-3-2-4-8-24/h2-12,17,20,34H,13-16,18-19,21H2,1H3,(H,35,40)(H,36,39). The number of aromatic amines is 1. The van der Waals surface area contributed by atoms with Gasteiger partial charge >= 0.3 is 0 Å². The largest absolute Gasteiger partial charge is 0.369 e. The number of nitrogens with one attached hydrogen (secondary N) is 3. The maximum atomic E-state index is 13.7. The predicted octanol–water partition coefficient (Wildman–Crippen LogP) is 5.03. The summed E-state index contributed by atoms with van der Waals surface area (Å²) in [5.74, 6) is -0.453. The van der Waals surface area contributed by atoms with Gasteiger partial charge in [-0.2, -0.15) is 0 Å². The maximum Gasteiger partial charge on any atom is 0.246 e. The molecule has 4 aromatic rings. The van der Waals surface area contributed by atoms with Crippen LogP contribution in [0.2, 0.25) is 10.0 Å². The zero-order chi connectivity index (χ0) is 28.1. The normalized spacial score (nSPS) is 15.5. The molecule has 7 nitrogen and oxygen atoms in total. The van der Waals surface area contributed by atoms with Crippen LogP contribution in [0.3, 0.4) is 0 Å². The first-order valence-corrected chi connectivity index (χ1v) is 14.2. The van der Waals surface area contributed by atoms with Crippen molar-refractivity contribution >= 4 is 51.6 Å². The Bertz CT molecular complexity index is 1480. The maximum absolute atomic E-state index is 13.7. The molecule has 0 radical (unpaired) electrons. The molecule has 0 spiro atoms. The van der Waals surface area contributed by atoms with Gasteiger partial charge in [-0.15, -0.1) is 0 Å². The van der Waals surface area contributed by atoms with Crippen molar-refractivity contribution in [1.29, 1.82) is 0 Å². The Hall–Kier alpha value is -3.52. The molecule has 2 heterocycles. The minimum atomic E-state index is -1.18. The van der Waals surface area contributed by atoms with Gasteiger partial charge < -0.3 is 20.5 Å². The van der Waals surface area contributed by atoms with Crippen molar-refractivity contribution in [3.05, 3.63) is 100 Å². The number of benzene rings is 3. The Kier molecular flexibility index (Phi) is 8.64. The van der Waals surface area contributed by atoms with Crippen molar-refractivity contribution in [2.45, 2.75) is 25.4 Å². The van der Waals surface area contributed by atoms with E-state index in [1.54, 1.807) is 19.1 Å². The fourth-order valence-electron chi connectivity index (χ4n) is 5.22. The van der Waals surface area contributed by atoms with Gasteiger partial charge in [0.05, 0.1) is 16.6 Å². The van der Waals surface area contributed by atoms with Crippen molar-refractivity contribution in [3.8, 4) is 0 Å². The molecule has 1 fully saturated rings. The summed E-state index contributed by atoms with van der Waals surface area (Å²) in [7, 11) is 0. The first kappa shape index (κ1) is 28.0. The van der Waals surface area contributed by atoms with E-state index in [4.69, 9.17) is 23.2 Å². The Balaban J connectivity index is 1.27. The van der Waals surface area contributed by atoms with Gasteiger partial charge in [0.1, 0.15) is 5.54 Å². The molecule has 9 heteroatoms. The smallest absolute Gasteiger partial charge is 0.246 e. The number of hydrogen-bond acceptors (Lipinski definition) is 4. The SMILES string of the molecule is CC(Cc1c[nH]c2ccccc12)(NC(=O)CN1CCN(c2ccccc2)CC1)C(=O)NCc1ccc(Cl)c(Cl)c1. The summed E-state index contributed by atoms with van der Waals surface area (Å²) >= 11 is 12.2. The number of hydrogen-bond donors (Lipinski definition) is 3. The number of aromatic nitrogens is 1. The molecule has 5 rings (SSSR count). The number of nitrogens with zero attached hydrogens (tertiary/aromatic N) is 2. The second-order valence-corrected chi connectivity index (χ2v) is 11.3. The van der Waals surface area contributed by atoms with Gasteiger partial charge in [0, 0.05) is 61.9 Å². The Morgan fingerprint density at radius 2 is 1.65 bits per heavy atom. The number of carbonyl (C=O) groups excluding carboxylic acids is 2. The van der Waals surface area contributed by atoms with Gasteiger partial charge in [0.2, 0.25) is 11.8 Å². The minimum absolute atomic E-state index is 0.180. The summed E-state index contributed by atoms with van der Waals surface area (Å²) in [6.45, 7) is 5.49. The van der Waals surface area contributed by atoms with Crippen LogP contribution in [0.1, 0.15) is 18.1 Å². The molecule has 1 unspecified atom stereocenters. The van der Waals surface area contributed by atoms with E-state index in [1.807, 2.05) is 54.7 Å². The number of halogens is 2. The quantitative estimate of drug-likeness (QED) is 0.260. The van der Waals surface area contributed by atoms with Crippen LogP contribution in [0.5, 0.6) is 0 Å². The highest BCUT2D eigenvalue weighted by Gasteiger charge is 2.36. The Morgan fingerprint density at radius 3 is 2.40 bits per heavy atom. The van der Waals surface area contributed by atoms with Gasteiger partial charge in [-0.1, -0.05) is 65.7 Å². The summed E-state index contributed by atoms with van der Waals surface area (Å²) in [6, 6.07) is 23.5. The van der Waals surface area contributed by atoms with E-state index in [1.165, 1.54) is 5.69 Å². The van der Waals surface area contributed by atoms with Crippen molar-refractivity contribution in [3.63, 3.8) is 0 Å². The van der Waals surface area contributed by atoms with Crippen LogP contribution in [-0.2, 0) is 22.6 Å². The van der Waals surface area contributed by atoms with Gasteiger partial charge in [-0.3, -0.25) is 14.5 Å². The molecule has 0 aliphatic carbocycles. The second kappa shape index (κ2) is 12.3. The van der Waals surface area contributed by atoms with Crippen molar-refractivity contribution in [2.75, 3.05) is 37.6 Å². The molecule has 0 bridgehead atoms. The van der Waals surface area contributed by atoms with E-state index >= 15 is 0 Å². The van der Waals surface area contributed by atoms with Crippen LogP contribution in [0.4, 0.5) is 5.69 Å². The fraction of sp³-hybridized carbons (Fsp3) is 0.290. The number of piperazine rings is 1. The number of H-pyrrole nitrogens is 1. The van der Waals surface area contributed by atoms with E-state index in [-0.39, 0.29) is 24.9 Å². The van der Waals surface area contributed by atoms with E-state index in [0.717, 1.165) is 48.2 Å². The van der Waals surface area contributed by atoms with Gasteiger partial charge in [0.15, 0.2) is 0 Å². The minimum Gasteiger partial charge on any atom is -0.369 e. The lowest BCUT2D eigenvalue weighted by Gasteiger charge is -2.36.